The van der Waals surface area contributed by atoms with Crippen LogP contribution in [0.15, 0.2) is 77.6 Å². The van der Waals surface area contributed by atoms with Gasteiger partial charge in [0.15, 0.2) is 0 Å². The molecule has 0 saturated heterocycles. The van der Waals surface area contributed by atoms with Crippen LogP contribution in [0.2, 0.25) is 0 Å². The Hall–Kier alpha value is -4.21. The zero-order chi connectivity index (χ0) is 28.1. The molecule has 0 aliphatic heterocycles. The highest BCUT2D eigenvalue weighted by atomic mass is 16.3. The van der Waals surface area contributed by atoms with Crippen LogP contribution in [0.25, 0.3) is 22.1 Å². The SMILES string of the molecule is CN(C)CCNC(=O)c1ccc(Cn2c(=O)n(Cc3nc4ccccc4n3CCCCO)c3ccccc32)cc1. The third kappa shape index (κ3) is 5.85. The van der Waals surface area contributed by atoms with Crippen molar-refractivity contribution in [3.8, 4) is 0 Å². The van der Waals surface area contributed by atoms with Gasteiger partial charge in [0, 0.05) is 31.8 Å². The van der Waals surface area contributed by atoms with Crippen molar-refractivity contribution in [1.82, 2.24) is 28.9 Å². The second kappa shape index (κ2) is 12.3. The van der Waals surface area contributed by atoms with Crippen molar-refractivity contribution in [2.45, 2.75) is 32.5 Å². The molecule has 0 spiro atoms. The monoisotopic (exact) mass is 540 g/mol. The first-order chi connectivity index (χ1) is 19.5. The van der Waals surface area contributed by atoms with Gasteiger partial charge < -0.3 is 19.9 Å². The fourth-order valence-electron chi connectivity index (χ4n) is 5.04. The number of rotatable bonds is 12. The van der Waals surface area contributed by atoms with E-state index in [4.69, 9.17) is 4.98 Å². The number of para-hydroxylation sites is 4. The topological polar surface area (TPSA) is 97.3 Å². The van der Waals surface area contributed by atoms with Gasteiger partial charge in [-0.3, -0.25) is 13.9 Å². The van der Waals surface area contributed by atoms with Gasteiger partial charge in [0.05, 0.1) is 35.2 Å². The van der Waals surface area contributed by atoms with Crippen molar-refractivity contribution in [1.29, 1.82) is 0 Å². The lowest BCUT2D eigenvalue weighted by Crippen LogP contribution is -2.31. The number of nitrogens with one attached hydrogen (secondary N) is 1. The summed E-state index contributed by atoms with van der Waals surface area (Å²) in [4.78, 5) is 33.2. The number of nitrogens with zero attached hydrogens (tertiary/aromatic N) is 5. The minimum absolute atomic E-state index is 0.107. The highest BCUT2D eigenvalue weighted by molar-refractivity contribution is 5.94. The normalized spacial score (nSPS) is 11.6. The van der Waals surface area contributed by atoms with Crippen molar-refractivity contribution < 1.29 is 9.90 Å². The smallest absolute Gasteiger partial charge is 0.329 e. The molecule has 0 aliphatic carbocycles. The summed E-state index contributed by atoms with van der Waals surface area (Å²) in [6, 6.07) is 23.2. The van der Waals surface area contributed by atoms with Crippen LogP contribution >= 0.6 is 0 Å². The Morgan fingerprint density at radius 3 is 2.17 bits per heavy atom. The summed E-state index contributed by atoms with van der Waals surface area (Å²) in [5.74, 6) is 0.706. The van der Waals surface area contributed by atoms with Gasteiger partial charge >= 0.3 is 5.69 Å². The van der Waals surface area contributed by atoms with E-state index in [0.717, 1.165) is 53.0 Å². The van der Waals surface area contributed by atoms with Gasteiger partial charge in [0.1, 0.15) is 5.82 Å². The van der Waals surface area contributed by atoms with Crippen molar-refractivity contribution in [2.24, 2.45) is 0 Å². The number of likely N-dealkylation sites (N-methyl/N-ethyl adjacent to an activating group) is 1. The van der Waals surface area contributed by atoms with E-state index < -0.39 is 0 Å². The Morgan fingerprint density at radius 2 is 1.50 bits per heavy atom. The van der Waals surface area contributed by atoms with E-state index in [9.17, 15) is 14.7 Å². The zero-order valence-electron chi connectivity index (χ0n) is 23.1. The van der Waals surface area contributed by atoms with Crippen molar-refractivity contribution >= 4 is 28.0 Å². The molecule has 208 valence electrons. The lowest BCUT2D eigenvalue weighted by atomic mass is 10.1. The molecule has 5 rings (SSSR count). The molecule has 2 heterocycles. The molecule has 9 nitrogen and oxygen atoms in total. The number of hydrogen-bond donors (Lipinski definition) is 2. The van der Waals surface area contributed by atoms with Gasteiger partial charge in [0.25, 0.3) is 5.91 Å². The molecule has 0 saturated carbocycles. The van der Waals surface area contributed by atoms with Crippen LogP contribution in [0, 0.1) is 0 Å². The van der Waals surface area contributed by atoms with E-state index in [1.54, 1.807) is 21.3 Å². The molecule has 9 heteroatoms. The quantitative estimate of drug-likeness (QED) is 0.237. The third-order valence-electron chi connectivity index (χ3n) is 7.15. The zero-order valence-corrected chi connectivity index (χ0v) is 23.1. The number of carbonyl (C=O) groups excluding carboxylic acids is 1. The molecule has 0 aliphatic rings. The number of carbonyl (C=O) groups is 1. The number of aliphatic hydroxyl groups excluding tert-OH is 1. The predicted molar refractivity (Wildman–Crippen MR) is 158 cm³/mol. The second-order valence-electron chi connectivity index (χ2n) is 10.3. The maximum Gasteiger partial charge on any atom is 0.329 e. The first-order valence-corrected chi connectivity index (χ1v) is 13.7. The Balaban J connectivity index is 1.43. The Labute approximate surface area is 233 Å². The molecular weight excluding hydrogens is 504 g/mol. The fourth-order valence-corrected chi connectivity index (χ4v) is 5.04. The summed E-state index contributed by atoms with van der Waals surface area (Å²) in [5, 5.41) is 12.2. The summed E-state index contributed by atoms with van der Waals surface area (Å²) >= 11 is 0. The number of hydrogen-bond acceptors (Lipinski definition) is 5. The number of aliphatic hydroxyl groups is 1. The molecule has 0 fully saturated rings. The summed E-state index contributed by atoms with van der Waals surface area (Å²) in [6.45, 7) is 2.96. The molecule has 0 atom stereocenters. The summed E-state index contributed by atoms with van der Waals surface area (Å²) in [7, 11) is 3.94. The molecule has 2 N–H and O–H groups in total. The van der Waals surface area contributed by atoms with E-state index in [1.807, 2.05) is 79.7 Å². The molecule has 1 amide bonds. The number of fused-ring (bicyclic) bond motifs is 2. The average Bonchev–Trinajstić information content (AvgIpc) is 3.44. The van der Waals surface area contributed by atoms with Crippen LogP contribution in [0.3, 0.4) is 0 Å². The van der Waals surface area contributed by atoms with Crippen LogP contribution in [0.5, 0.6) is 0 Å². The van der Waals surface area contributed by atoms with Crippen LogP contribution in [0.1, 0.15) is 34.6 Å². The number of amides is 1. The molecule has 0 radical (unpaired) electrons. The van der Waals surface area contributed by atoms with E-state index in [1.165, 1.54) is 0 Å². The summed E-state index contributed by atoms with van der Waals surface area (Å²) in [5.41, 5.74) is 5.03. The molecule has 40 heavy (non-hydrogen) atoms. The lowest BCUT2D eigenvalue weighted by Gasteiger charge is -2.11. The molecule has 0 bridgehead atoms. The predicted octanol–water partition coefficient (Wildman–Crippen LogP) is 3.31. The number of aryl methyl sites for hydroxylation is 1. The van der Waals surface area contributed by atoms with E-state index in [-0.39, 0.29) is 18.2 Å². The second-order valence-corrected chi connectivity index (χ2v) is 10.3. The van der Waals surface area contributed by atoms with Crippen molar-refractivity contribution in [3.63, 3.8) is 0 Å². The summed E-state index contributed by atoms with van der Waals surface area (Å²) < 4.78 is 5.72. The minimum Gasteiger partial charge on any atom is -0.396 e. The number of unbranched alkanes of at least 4 members (excludes halogenated alkanes) is 1. The summed E-state index contributed by atoms with van der Waals surface area (Å²) in [6.07, 6.45) is 1.53. The Morgan fingerprint density at radius 1 is 0.850 bits per heavy atom. The standard InChI is InChI=1S/C31H36N6O3/c1-34(2)19-17-32-30(39)24-15-13-23(14-16-24)21-36-27-11-5-6-12-28(27)37(31(36)40)22-29-33-25-9-3-4-10-26(25)35(29)18-7-8-20-38/h3-6,9-16,38H,7-8,17-22H2,1-2H3,(H,32,39). The van der Waals surface area contributed by atoms with Gasteiger partial charge in [-0.2, -0.15) is 0 Å². The molecule has 3 aromatic carbocycles. The maximum atomic E-state index is 13.8. The number of aromatic nitrogens is 4. The molecule has 0 unspecified atom stereocenters. The lowest BCUT2D eigenvalue weighted by molar-refractivity contribution is 0.0951. The molecule has 5 aromatic rings. The van der Waals surface area contributed by atoms with Crippen LogP contribution in [0.4, 0.5) is 0 Å². The maximum absolute atomic E-state index is 13.8. The first-order valence-electron chi connectivity index (χ1n) is 13.7. The largest absolute Gasteiger partial charge is 0.396 e. The van der Waals surface area contributed by atoms with Crippen LogP contribution < -0.4 is 11.0 Å². The van der Waals surface area contributed by atoms with Gasteiger partial charge in [-0.15, -0.1) is 0 Å². The highest BCUT2D eigenvalue weighted by Gasteiger charge is 2.17. The van der Waals surface area contributed by atoms with E-state index >= 15 is 0 Å². The average molecular weight is 541 g/mol. The van der Waals surface area contributed by atoms with Crippen LogP contribution in [-0.2, 0) is 19.6 Å². The van der Waals surface area contributed by atoms with Crippen molar-refractivity contribution in [2.75, 3.05) is 33.8 Å². The van der Waals surface area contributed by atoms with E-state index in [2.05, 4.69) is 9.88 Å². The number of imidazole rings is 2. The van der Waals surface area contributed by atoms with Gasteiger partial charge in [-0.25, -0.2) is 9.78 Å². The molecule has 2 aromatic heterocycles. The van der Waals surface area contributed by atoms with Gasteiger partial charge in [-0.05, 0) is 68.9 Å². The van der Waals surface area contributed by atoms with Crippen LogP contribution in [-0.4, -0.2) is 68.4 Å². The van der Waals surface area contributed by atoms with Crippen molar-refractivity contribution in [3.05, 3.63) is 100 Å². The fraction of sp³-hybridized carbons (Fsp3) is 0.323. The Bertz CT molecular complexity index is 1660. The molecular formula is C31H36N6O3. The number of benzene rings is 3. The Kier molecular flexibility index (Phi) is 8.42. The van der Waals surface area contributed by atoms with Gasteiger partial charge in [0.2, 0.25) is 0 Å². The third-order valence-corrected chi connectivity index (χ3v) is 7.15. The first kappa shape index (κ1) is 27.4. The highest BCUT2D eigenvalue weighted by Crippen LogP contribution is 2.20. The minimum atomic E-state index is -0.110. The van der Waals surface area contributed by atoms with Gasteiger partial charge in [-0.1, -0.05) is 36.4 Å². The van der Waals surface area contributed by atoms with E-state index in [0.29, 0.717) is 31.6 Å².